The van der Waals surface area contributed by atoms with E-state index < -0.39 is 30.2 Å². The van der Waals surface area contributed by atoms with Crippen molar-refractivity contribution in [3.05, 3.63) is 0 Å². The summed E-state index contributed by atoms with van der Waals surface area (Å²) in [6.07, 6.45) is -0.395. The van der Waals surface area contributed by atoms with Crippen molar-refractivity contribution >= 4 is 17.8 Å². The van der Waals surface area contributed by atoms with Crippen molar-refractivity contribution in [2.45, 2.75) is 26.3 Å². The Bertz CT molecular complexity index is 250. The molecule has 0 aliphatic rings. The highest BCUT2D eigenvalue weighted by Crippen LogP contribution is 1.96. The van der Waals surface area contributed by atoms with E-state index in [1.54, 1.807) is 13.8 Å². The van der Waals surface area contributed by atoms with Gasteiger partial charge in [-0.2, -0.15) is 0 Å². The first kappa shape index (κ1) is 12.4. The monoisotopic (exact) mass is 202 g/mol. The van der Waals surface area contributed by atoms with Gasteiger partial charge in [0.1, 0.15) is 6.04 Å². The number of carboxylic acid groups (broad SMARTS) is 1. The number of aliphatic carboxylic acids is 1. The Hall–Kier alpha value is -1.59. The second-order valence-corrected chi connectivity index (χ2v) is 3.22. The van der Waals surface area contributed by atoms with Crippen molar-refractivity contribution in [1.82, 2.24) is 5.32 Å². The average Bonchev–Trinajstić information content (AvgIpc) is 2.01. The van der Waals surface area contributed by atoms with E-state index in [1.807, 2.05) is 0 Å². The molecule has 4 N–H and O–H groups in total. The van der Waals surface area contributed by atoms with Crippen LogP contribution in [0.15, 0.2) is 0 Å². The minimum atomic E-state index is -1.27. The molecule has 0 aromatic heterocycles. The average molecular weight is 202 g/mol. The molecule has 0 rings (SSSR count). The highest BCUT2D eigenvalue weighted by atomic mass is 16.4. The zero-order chi connectivity index (χ0) is 11.3. The van der Waals surface area contributed by atoms with Gasteiger partial charge in [-0.05, 0) is 0 Å². The second kappa shape index (κ2) is 5.21. The summed E-state index contributed by atoms with van der Waals surface area (Å²) in [7, 11) is 0. The van der Waals surface area contributed by atoms with Crippen molar-refractivity contribution in [2.75, 3.05) is 0 Å². The Balaban J connectivity index is 4.31. The van der Waals surface area contributed by atoms with Gasteiger partial charge in [-0.15, -0.1) is 0 Å². The number of primary amides is 1. The van der Waals surface area contributed by atoms with Crippen LogP contribution in [-0.2, 0) is 14.4 Å². The summed E-state index contributed by atoms with van der Waals surface area (Å²) in [6, 6.07) is -1.23. The lowest BCUT2D eigenvalue weighted by atomic mass is 10.1. The first-order chi connectivity index (χ1) is 6.34. The fourth-order valence-electron chi connectivity index (χ4n) is 0.740. The van der Waals surface area contributed by atoms with Crippen LogP contribution in [0, 0.1) is 5.92 Å². The first-order valence-corrected chi connectivity index (χ1v) is 4.16. The third-order valence-electron chi connectivity index (χ3n) is 1.54. The molecular formula is C8H14N2O4. The van der Waals surface area contributed by atoms with Crippen molar-refractivity contribution in [1.29, 1.82) is 0 Å². The highest BCUT2D eigenvalue weighted by molar-refractivity contribution is 5.88. The second-order valence-electron chi connectivity index (χ2n) is 3.22. The molecule has 80 valence electrons. The van der Waals surface area contributed by atoms with Gasteiger partial charge in [-0.1, -0.05) is 13.8 Å². The van der Waals surface area contributed by atoms with Gasteiger partial charge < -0.3 is 16.2 Å². The third kappa shape index (κ3) is 4.44. The maximum atomic E-state index is 11.1. The van der Waals surface area contributed by atoms with E-state index in [4.69, 9.17) is 10.8 Å². The summed E-state index contributed by atoms with van der Waals surface area (Å²) in [5.74, 6) is -2.78. The van der Waals surface area contributed by atoms with Gasteiger partial charge in [0, 0.05) is 5.92 Å². The Morgan fingerprint density at radius 3 is 2.14 bits per heavy atom. The summed E-state index contributed by atoms with van der Waals surface area (Å²) < 4.78 is 0. The molecule has 0 aromatic carbocycles. The van der Waals surface area contributed by atoms with Gasteiger partial charge in [0.15, 0.2) is 0 Å². The summed E-state index contributed by atoms with van der Waals surface area (Å²) in [6.45, 7) is 3.25. The standard InChI is InChI=1S/C8H14N2O4/c1-4(2)7(12)10-5(8(13)14)3-6(9)11/h4-5H,3H2,1-2H3,(H2,9,11)(H,10,12)(H,13,14). The van der Waals surface area contributed by atoms with Crippen LogP contribution in [-0.4, -0.2) is 28.9 Å². The maximum Gasteiger partial charge on any atom is 0.326 e. The van der Waals surface area contributed by atoms with E-state index in [1.165, 1.54) is 0 Å². The lowest BCUT2D eigenvalue weighted by Crippen LogP contribution is -2.44. The lowest BCUT2D eigenvalue weighted by Gasteiger charge is -2.14. The van der Waals surface area contributed by atoms with Gasteiger partial charge in [0.2, 0.25) is 11.8 Å². The molecule has 0 fully saturated rings. The van der Waals surface area contributed by atoms with E-state index in [0.29, 0.717) is 0 Å². The molecular weight excluding hydrogens is 188 g/mol. The number of nitrogens with two attached hydrogens (primary N) is 1. The van der Waals surface area contributed by atoms with Crippen molar-refractivity contribution < 1.29 is 19.5 Å². The zero-order valence-corrected chi connectivity index (χ0v) is 8.11. The number of carbonyl (C=O) groups is 3. The van der Waals surface area contributed by atoms with E-state index >= 15 is 0 Å². The molecule has 6 nitrogen and oxygen atoms in total. The van der Waals surface area contributed by atoms with E-state index in [0.717, 1.165) is 0 Å². The molecule has 0 aliphatic heterocycles. The van der Waals surface area contributed by atoms with Crippen LogP contribution in [0.3, 0.4) is 0 Å². The maximum absolute atomic E-state index is 11.1. The van der Waals surface area contributed by atoms with Gasteiger partial charge in [0.25, 0.3) is 0 Å². The van der Waals surface area contributed by atoms with Crippen LogP contribution >= 0.6 is 0 Å². The topological polar surface area (TPSA) is 109 Å². The SMILES string of the molecule is CC(C)C(=O)NC(CC(N)=O)C(=O)O. The molecule has 0 spiro atoms. The highest BCUT2D eigenvalue weighted by Gasteiger charge is 2.22. The molecule has 6 heteroatoms. The van der Waals surface area contributed by atoms with Gasteiger partial charge in [-0.3, -0.25) is 9.59 Å². The number of amides is 2. The summed E-state index contributed by atoms with van der Waals surface area (Å²) in [5.41, 5.74) is 4.83. The fourth-order valence-corrected chi connectivity index (χ4v) is 0.740. The van der Waals surface area contributed by atoms with Gasteiger partial charge in [0.05, 0.1) is 6.42 Å². The van der Waals surface area contributed by atoms with Gasteiger partial charge >= 0.3 is 5.97 Å². The zero-order valence-electron chi connectivity index (χ0n) is 8.11. The summed E-state index contributed by atoms with van der Waals surface area (Å²) in [4.78, 5) is 32.2. The van der Waals surface area contributed by atoms with Crippen LogP contribution in [0.1, 0.15) is 20.3 Å². The van der Waals surface area contributed by atoms with Crippen molar-refractivity contribution in [3.63, 3.8) is 0 Å². The van der Waals surface area contributed by atoms with Crippen LogP contribution in [0.25, 0.3) is 0 Å². The molecule has 0 radical (unpaired) electrons. The molecule has 0 aliphatic carbocycles. The normalized spacial score (nSPS) is 12.2. The molecule has 0 bridgehead atoms. The molecule has 1 unspecified atom stereocenters. The van der Waals surface area contributed by atoms with Crippen molar-refractivity contribution in [3.8, 4) is 0 Å². The molecule has 0 saturated carbocycles. The Morgan fingerprint density at radius 2 is 1.86 bits per heavy atom. The molecule has 14 heavy (non-hydrogen) atoms. The smallest absolute Gasteiger partial charge is 0.326 e. The predicted octanol–water partition coefficient (Wildman–Crippen LogP) is -0.913. The van der Waals surface area contributed by atoms with Gasteiger partial charge in [-0.25, -0.2) is 4.79 Å². The molecule has 0 saturated heterocycles. The Morgan fingerprint density at radius 1 is 1.36 bits per heavy atom. The number of hydrogen-bond donors (Lipinski definition) is 3. The summed E-state index contributed by atoms with van der Waals surface area (Å²) in [5, 5.41) is 10.8. The van der Waals surface area contributed by atoms with Crippen LogP contribution < -0.4 is 11.1 Å². The van der Waals surface area contributed by atoms with E-state index in [9.17, 15) is 14.4 Å². The minimum Gasteiger partial charge on any atom is -0.480 e. The molecule has 0 heterocycles. The van der Waals surface area contributed by atoms with Crippen LogP contribution in [0.2, 0.25) is 0 Å². The summed E-state index contributed by atoms with van der Waals surface area (Å²) >= 11 is 0. The lowest BCUT2D eigenvalue weighted by molar-refractivity contribution is -0.143. The predicted molar refractivity (Wildman–Crippen MR) is 48.2 cm³/mol. The number of rotatable bonds is 5. The van der Waals surface area contributed by atoms with E-state index in [2.05, 4.69) is 5.32 Å². The quantitative estimate of drug-likeness (QED) is 0.536. The number of carboxylic acids is 1. The molecule has 2 amide bonds. The molecule has 0 aromatic rings. The first-order valence-electron chi connectivity index (χ1n) is 4.16. The fraction of sp³-hybridized carbons (Fsp3) is 0.625. The number of nitrogens with one attached hydrogen (secondary N) is 1. The Labute approximate surface area is 81.5 Å². The third-order valence-corrected chi connectivity index (χ3v) is 1.54. The van der Waals surface area contributed by atoms with Crippen LogP contribution in [0.4, 0.5) is 0 Å². The van der Waals surface area contributed by atoms with Crippen molar-refractivity contribution in [2.24, 2.45) is 11.7 Å². The van der Waals surface area contributed by atoms with Crippen LogP contribution in [0.5, 0.6) is 0 Å². The Kier molecular flexibility index (Phi) is 4.62. The van der Waals surface area contributed by atoms with E-state index in [-0.39, 0.29) is 5.92 Å². The minimum absolute atomic E-state index is 0.329. The molecule has 1 atom stereocenters. The largest absolute Gasteiger partial charge is 0.480 e. The number of hydrogen-bond acceptors (Lipinski definition) is 3. The number of carbonyl (C=O) groups excluding carboxylic acids is 2.